The van der Waals surface area contributed by atoms with Gasteiger partial charge in [0.25, 0.3) is 0 Å². The average molecular weight is 248 g/mol. The highest BCUT2D eigenvalue weighted by Crippen LogP contribution is 2.33. The maximum atomic E-state index is 3.93. The maximum absolute atomic E-state index is 3.93. The molecule has 0 radical (unpaired) electrons. The highest BCUT2D eigenvalue weighted by molar-refractivity contribution is 5.56. The summed E-state index contributed by atoms with van der Waals surface area (Å²) in [6, 6.07) is 19.1. The van der Waals surface area contributed by atoms with Crippen LogP contribution < -0.4 is 0 Å². The van der Waals surface area contributed by atoms with Crippen LogP contribution in [0.2, 0.25) is 0 Å². The number of hydrogen-bond acceptors (Lipinski definition) is 0. The van der Waals surface area contributed by atoms with Gasteiger partial charge in [-0.05, 0) is 30.5 Å². The Morgan fingerprint density at radius 1 is 1.00 bits per heavy atom. The lowest BCUT2D eigenvalue weighted by Gasteiger charge is -2.21. The molecule has 0 heteroatoms. The van der Waals surface area contributed by atoms with Crippen LogP contribution >= 0.6 is 0 Å². The first kappa shape index (κ1) is 13.4. The smallest absolute Gasteiger partial charge is 0.0302 e. The van der Waals surface area contributed by atoms with Gasteiger partial charge < -0.3 is 0 Å². The van der Waals surface area contributed by atoms with Crippen LogP contribution in [0.3, 0.4) is 0 Å². The van der Waals surface area contributed by atoms with Crippen LogP contribution in [0.25, 0.3) is 6.08 Å². The Labute approximate surface area is 116 Å². The zero-order valence-electron chi connectivity index (χ0n) is 11.6. The SMILES string of the molecule is C=Cc1ccccc1C(C(C)=CC)c1ccccc1. The van der Waals surface area contributed by atoms with Crippen molar-refractivity contribution in [1.29, 1.82) is 0 Å². The molecule has 0 fully saturated rings. The largest absolute Gasteiger partial charge is 0.0985 e. The van der Waals surface area contributed by atoms with Crippen molar-refractivity contribution >= 4 is 6.08 Å². The zero-order valence-corrected chi connectivity index (χ0v) is 11.6. The van der Waals surface area contributed by atoms with Gasteiger partial charge in [0.15, 0.2) is 0 Å². The highest BCUT2D eigenvalue weighted by Gasteiger charge is 2.17. The van der Waals surface area contributed by atoms with E-state index in [2.05, 4.69) is 81.1 Å². The van der Waals surface area contributed by atoms with E-state index in [0.717, 1.165) is 0 Å². The van der Waals surface area contributed by atoms with Gasteiger partial charge in [0.05, 0.1) is 0 Å². The van der Waals surface area contributed by atoms with E-state index < -0.39 is 0 Å². The van der Waals surface area contributed by atoms with E-state index in [-0.39, 0.29) is 0 Å². The fourth-order valence-electron chi connectivity index (χ4n) is 2.46. The van der Waals surface area contributed by atoms with E-state index in [1.54, 1.807) is 0 Å². The summed E-state index contributed by atoms with van der Waals surface area (Å²) in [4.78, 5) is 0. The molecule has 0 heterocycles. The minimum Gasteiger partial charge on any atom is -0.0985 e. The van der Waals surface area contributed by atoms with Gasteiger partial charge in [0.1, 0.15) is 0 Å². The number of allylic oxidation sites excluding steroid dienone is 2. The van der Waals surface area contributed by atoms with Crippen LogP contribution in [0.1, 0.15) is 36.5 Å². The van der Waals surface area contributed by atoms with Gasteiger partial charge in [-0.1, -0.05) is 78.9 Å². The summed E-state index contributed by atoms with van der Waals surface area (Å²) in [5.74, 6) is 0.306. The van der Waals surface area contributed by atoms with Crippen molar-refractivity contribution in [3.05, 3.63) is 89.5 Å². The second-order valence-corrected chi connectivity index (χ2v) is 4.71. The number of hydrogen-bond donors (Lipinski definition) is 0. The van der Waals surface area contributed by atoms with Gasteiger partial charge in [-0.3, -0.25) is 0 Å². The highest BCUT2D eigenvalue weighted by atomic mass is 14.2. The topological polar surface area (TPSA) is 0 Å². The number of rotatable bonds is 4. The van der Waals surface area contributed by atoms with Crippen LogP contribution in [-0.4, -0.2) is 0 Å². The van der Waals surface area contributed by atoms with Crippen molar-refractivity contribution in [2.45, 2.75) is 19.8 Å². The molecule has 0 aliphatic carbocycles. The Balaban J connectivity index is 2.59. The van der Waals surface area contributed by atoms with Crippen molar-refractivity contribution in [3.8, 4) is 0 Å². The van der Waals surface area contributed by atoms with E-state index in [4.69, 9.17) is 0 Å². The third kappa shape index (κ3) is 2.85. The van der Waals surface area contributed by atoms with Crippen LogP contribution in [0.5, 0.6) is 0 Å². The molecule has 0 spiro atoms. The fraction of sp³-hybridized carbons (Fsp3) is 0.158. The van der Waals surface area contributed by atoms with Crippen LogP contribution in [-0.2, 0) is 0 Å². The molecular weight excluding hydrogens is 228 g/mol. The second kappa shape index (κ2) is 6.19. The Kier molecular flexibility index (Phi) is 4.35. The van der Waals surface area contributed by atoms with Crippen molar-refractivity contribution in [2.24, 2.45) is 0 Å². The summed E-state index contributed by atoms with van der Waals surface area (Å²) in [7, 11) is 0. The van der Waals surface area contributed by atoms with E-state index in [0.29, 0.717) is 5.92 Å². The zero-order chi connectivity index (χ0) is 13.7. The first-order chi connectivity index (χ1) is 9.27. The van der Waals surface area contributed by atoms with E-state index in [1.165, 1.54) is 22.3 Å². The van der Waals surface area contributed by atoms with E-state index >= 15 is 0 Å². The monoisotopic (exact) mass is 248 g/mol. The molecule has 2 aromatic rings. The third-order valence-electron chi connectivity index (χ3n) is 3.57. The van der Waals surface area contributed by atoms with Crippen molar-refractivity contribution < 1.29 is 0 Å². The molecule has 0 aliphatic rings. The molecule has 96 valence electrons. The lowest BCUT2D eigenvalue weighted by atomic mass is 9.83. The molecule has 0 aromatic heterocycles. The first-order valence-electron chi connectivity index (χ1n) is 6.67. The third-order valence-corrected chi connectivity index (χ3v) is 3.57. The second-order valence-electron chi connectivity index (χ2n) is 4.71. The van der Waals surface area contributed by atoms with Gasteiger partial charge in [-0.2, -0.15) is 0 Å². The summed E-state index contributed by atoms with van der Waals surface area (Å²) in [6.45, 7) is 8.22. The Morgan fingerprint density at radius 3 is 2.26 bits per heavy atom. The number of benzene rings is 2. The Morgan fingerprint density at radius 2 is 1.63 bits per heavy atom. The molecule has 0 saturated heterocycles. The predicted octanol–water partition coefficient (Wildman–Crippen LogP) is 5.43. The van der Waals surface area contributed by atoms with Gasteiger partial charge in [0.2, 0.25) is 0 Å². The van der Waals surface area contributed by atoms with Crippen molar-refractivity contribution in [1.82, 2.24) is 0 Å². The fourth-order valence-corrected chi connectivity index (χ4v) is 2.46. The normalized spacial score (nSPS) is 13.1. The molecule has 0 saturated carbocycles. The van der Waals surface area contributed by atoms with E-state index in [1.807, 2.05) is 6.08 Å². The van der Waals surface area contributed by atoms with Gasteiger partial charge in [0, 0.05) is 5.92 Å². The van der Waals surface area contributed by atoms with Crippen molar-refractivity contribution in [3.63, 3.8) is 0 Å². The minimum absolute atomic E-state index is 0.306. The van der Waals surface area contributed by atoms with Crippen LogP contribution in [0.4, 0.5) is 0 Å². The molecule has 2 rings (SSSR count). The lowest BCUT2D eigenvalue weighted by molar-refractivity contribution is 0.939. The summed E-state index contributed by atoms with van der Waals surface area (Å²) in [5, 5.41) is 0. The van der Waals surface area contributed by atoms with Crippen LogP contribution in [0, 0.1) is 0 Å². The minimum atomic E-state index is 0.306. The Hall–Kier alpha value is -2.08. The van der Waals surface area contributed by atoms with E-state index in [9.17, 15) is 0 Å². The molecular formula is C19H20. The molecule has 0 bridgehead atoms. The predicted molar refractivity (Wildman–Crippen MR) is 84.2 cm³/mol. The van der Waals surface area contributed by atoms with Crippen LogP contribution in [0.15, 0.2) is 72.8 Å². The summed E-state index contributed by atoms with van der Waals surface area (Å²) in [6.07, 6.45) is 4.13. The van der Waals surface area contributed by atoms with Gasteiger partial charge in [-0.15, -0.1) is 0 Å². The molecule has 0 amide bonds. The average Bonchev–Trinajstić information content (AvgIpc) is 2.49. The van der Waals surface area contributed by atoms with Gasteiger partial charge >= 0.3 is 0 Å². The Bertz CT molecular complexity index is 576. The quantitative estimate of drug-likeness (QED) is 0.633. The van der Waals surface area contributed by atoms with Crippen molar-refractivity contribution in [2.75, 3.05) is 0 Å². The summed E-state index contributed by atoms with van der Waals surface area (Å²) < 4.78 is 0. The van der Waals surface area contributed by atoms with Gasteiger partial charge in [-0.25, -0.2) is 0 Å². The standard InChI is InChI=1S/C19H20/c1-4-15(3)19(17-12-7-6-8-13-17)18-14-10-9-11-16(18)5-2/h4-14,19H,2H2,1,3H3. The lowest BCUT2D eigenvalue weighted by Crippen LogP contribution is -2.04. The molecule has 1 unspecified atom stereocenters. The molecule has 0 aliphatic heterocycles. The summed E-state index contributed by atoms with van der Waals surface area (Å²) >= 11 is 0. The molecule has 1 atom stereocenters. The molecule has 0 nitrogen and oxygen atoms in total. The molecule has 2 aromatic carbocycles. The first-order valence-corrected chi connectivity index (χ1v) is 6.67. The molecule has 19 heavy (non-hydrogen) atoms. The molecule has 0 N–H and O–H groups in total. The maximum Gasteiger partial charge on any atom is 0.0302 e. The summed E-state index contributed by atoms with van der Waals surface area (Å²) in [5.41, 5.74) is 5.21.